The van der Waals surface area contributed by atoms with E-state index in [1.807, 2.05) is 24.3 Å². The average molecular weight is 931 g/mol. The number of hydrogen-bond acceptors (Lipinski definition) is 18. The van der Waals surface area contributed by atoms with Gasteiger partial charge in [0.05, 0.1) is 42.2 Å². The van der Waals surface area contributed by atoms with Gasteiger partial charge >= 0.3 is 0 Å². The highest BCUT2D eigenvalue weighted by Gasteiger charge is 2.23. The molecule has 6 aromatic rings. The number of methoxy groups -OCH3 is 2. The number of benzene rings is 4. The molecule has 0 aliphatic carbocycles. The van der Waals surface area contributed by atoms with Crippen LogP contribution in [0.5, 0.6) is 11.5 Å². The summed E-state index contributed by atoms with van der Waals surface area (Å²) >= 11 is 0. The van der Waals surface area contributed by atoms with Gasteiger partial charge in [0.25, 0.3) is 0 Å². The van der Waals surface area contributed by atoms with Crippen LogP contribution in [0.4, 0.5) is 40.3 Å². The molecular weight excluding hydrogens is 873 g/mol. The van der Waals surface area contributed by atoms with Gasteiger partial charge in [-0.3, -0.25) is 9.59 Å². The Morgan fingerprint density at radius 3 is 1.46 bits per heavy atom. The summed E-state index contributed by atoms with van der Waals surface area (Å²) in [5.41, 5.74) is 22.6. The number of likely N-dealkylation sites (N-methyl/N-ethyl adjacent to an activating group) is 2. The molecule has 19 heteroatoms. The molecule has 2 aromatic heterocycles. The molecule has 18 nitrogen and oxygen atoms in total. The maximum Gasteiger partial charge on any atom is 0.249 e. The molecule has 7 N–H and O–H groups in total. The highest BCUT2D eigenvalue weighted by atomic mass is 32.2. The third-order valence-electron chi connectivity index (χ3n) is 11.2. The first-order valence-electron chi connectivity index (χ1n) is 21.6. The first-order valence-corrected chi connectivity index (χ1v) is 23.3. The van der Waals surface area contributed by atoms with Crippen LogP contribution in [0, 0.1) is 0 Å². The van der Waals surface area contributed by atoms with E-state index in [0.29, 0.717) is 28.6 Å². The summed E-state index contributed by atoms with van der Waals surface area (Å²) in [6, 6.07) is 29.9. The largest absolute Gasteiger partial charge is 0.496 e. The van der Waals surface area contributed by atoms with Crippen molar-refractivity contribution in [3.05, 3.63) is 132 Å². The maximum absolute atomic E-state index is 12.9. The van der Waals surface area contributed by atoms with Crippen molar-refractivity contribution in [2.45, 2.75) is 12.1 Å². The van der Waals surface area contributed by atoms with Crippen molar-refractivity contribution in [2.24, 2.45) is 0 Å². The van der Waals surface area contributed by atoms with Crippen LogP contribution in [-0.2, 0) is 9.84 Å². The highest BCUT2D eigenvalue weighted by Crippen LogP contribution is 2.26. The van der Waals surface area contributed by atoms with Gasteiger partial charge in [0.1, 0.15) is 23.1 Å². The number of nitrogen functional groups attached to an aromatic ring is 3. The van der Waals surface area contributed by atoms with E-state index in [4.69, 9.17) is 26.7 Å². The fourth-order valence-corrected chi connectivity index (χ4v) is 7.82. The minimum absolute atomic E-state index is 0.0274. The van der Waals surface area contributed by atoms with E-state index in [-0.39, 0.29) is 39.5 Å². The Morgan fingerprint density at radius 1 is 0.597 bits per heavy atom. The molecular formula is C48H58N12O6S. The smallest absolute Gasteiger partial charge is 0.249 e. The van der Waals surface area contributed by atoms with Gasteiger partial charge in [-0.25, -0.2) is 23.4 Å². The number of rotatable bonds is 12. The second kappa shape index (κ2) is 22.7. The summed E-state index contributed by atoms with van der Waals surface area (Å²) in [5.74, 6) is 0.272. The molecule has 0 atom stereocenters. The molecule has 67 heavy (non-hydrogen) atoms. The van der Waals surface area contributed by atoms with Crippen molar-refractivity contribution in [1.82, 2.24) is 29.7 Å². The Balaban J connectivity index is 0.000000179. The number of anilines is 7. The molecule has 4 aromatic carbocycles. The van der Waals surface area contributed by atoms with E-state index < -0.39 is 15.6 Å². The van der Waals surface area contributed by atoms with Crippen LogP contribution in [0.15, 0.2) is 115 Å². The number of nitrogens with zero attached hydrogens (tertiary/aromatic N) is 8. The molecule has 0 radical (unpaired) electrons. The molecule has 2 aliphatic rings. The summed E-state index contributed by atoms with van der Waals surface area (Å²) in [7, 11) is 3.70. The summed E-state index contributed by atoms with van der Waals surface area (Å²) in [6.45, 7) is 10.1. The Labute approximate surface area is 391 Å². The number of aromatic nitrogens is 4. The summed E-state index contributed by atoms with van der Waals surface area (Å²) in [5, 5.41) is 2.76. The Morgan fingerprint density at radius 2 is 1.03 bits per heavy atom. The Bertz CT molecular complexity index is 2730. The predicted molar refractivity (Wildman–Crippen MR) is 263 cm³/mol. The lowest BCUT2D eigenvalue weighted by atomic mass is 10.0. The SMILES string of the molecule is CCS(=O)(=O)c1ncc(C(=O)c2ccccc2OC)c(N)n1.CN1CCN(c2ccc(N)cc2)CC1.COc1ccccc1C(=O)c1cnc(Nc2ccc(N3CCN(C)CC3)cc2)nc1N. The summed E-state index contributed by atoms with van der Waals surface area (Å²) in [4.78, 5) is 50.8. The topological polar surface area (TPSA) is 241 Å². The Kier molecular flexibility index (Phi) is 16.6. The van der Waals surface area contributed by atoms with Crippen molar-refractivity contribution in [3.8, 4) is 11.5 Å². The molecule has 0 bridgehead atoms. The van der Waals surface area contributed by atoms with E-state index in [9.17, 15) is 18.0 Å². The van der Waals surface area contributed by atoms with E-state index in [1.54, 1.807) is 48.5 Å². The van der Waals surface area contributed by atoms with Gasteiger partial charge in [0.2, 0.25) is 32.5 Å². The van der Waals surface area contributed by atoms with Gasteiger partial charge in [0.15, 0.2) is 0 Å². The third kappa shape index (κ3) is 12.7. The van der Waals surface area contributed by atoms with Gasteiger partial charge in [0, 0.05) is 87.5 Å². The number of nitrogens with one attached hydrogen (secondary N) is 1. The predicted octanol–water partition coefficient (Wildman–Crippen LogP) is 4.91. The zero-order valence-electron chi connectivity index (χ0n) is 38.4. The van der Waals surface area contributed by atoms with E-state index in [0.717, 1.165) is 69.9 Å². The number of carbonyl (C=O) groups is 2. The number of carbonyl (C=O) groups excluding carboxylic acids is 2. The van der Waals surface area contributed by atoms with Crippen LogP contribution < -0.4 is 41.8 Å². The van der Waals surface area contributed by atoms with E-state index in [2.05, 4.69) is 83.2 Å². The van der Waals surface area contributed by atoms with Crippen LogP contribution >= 0.6 is 0 Å². The van der Waals surface area contributed by atoms with Crippen molar-refractivity contribution in [1.29, 1.82) is 0 Å². The van der Waals surface area contributed by atoms with Gasteiger partial charge in [-0.05, 0) is 86.9 Å². The molecule has 0 spiro atoms. The molecule has 8 rings (SSSR count). The fourth-order valence-electron chi connectivity index (χ4n) is 7.12. The van der Waals surface area contributed by atoms with E-state index in [1.165, 1.54) is 38.7 Å². The molecule has 352 valence electrons. The highest BCUT2D eigenvalue weighted by molar-refractivity contribution is 7.91. The standard InChI is InChI=1S/C23H26N6O2.C14H15N3O4S.C11H17N3/c1-28-11-13-29(14-12-28)17-9-7-16(8-10-17)26-23-25-15-19(22(24)27-23)21(30)18-5-3-4-6-20(18)31-2;1-3-22(19,20)14-16-8-10(13(15)17-14)12(18)9-6-4-5-7-11(9)21-2;1-13-6-8-14(9-7-13)11-4-2-10(12)3-5-11/h3-10,15H,11-14H2,1-2H3,(H3,24,25,26,27);4-8H,3H2,1-2H3,(H2,15,16,17);2-5H,6-9,12H2,1H3. The lowest BCUT2D eigenvalue weighted by Gasteiger charge is -2.34. The van der Waals surface area contributed by atoms with Crippen molar-refractivity contribution in [3.63, 3.8) is 0 Å². The lowest BCUT2D eigenvalue weighted by Crippen LogP contribution is -2.44. The monoisotopic (exact) mass is 930 g/mol. The number of sulfone groups is 1. The lowest BCUT2D eigenvalue weighted by molar-refractivity contribution is 0.102. The van der Waals surface area contributed by atoms with Crippen LogP contribution in [0.2, 0.25) is 0 Å². The van der Waals surface area contributed by atoms with Crippen LogP contribution in [0.25, 0.3) is 0 Å². The number of piperazine rings is 2. The van der Waals surface area contributed by atoms with Gasteiger partial charge < -0.3 is 51.6 Å². The van der Waals surface area contributed by atoms with Crippen molar-refractivity contribution >= 4 is 61.7 Å². The zero-order valence-corrected chi connectivity index (χ0v) is 39.2. The molecule has 4 heterocycles. The first-order chi connectivity index (χ1) is 32.2. The molecule has 2 fully saturated rings. The molecule has 0 amide bonds. The van der Waals surface area contributed by atoms with Crippen molar-refractivity contribution in [2.75, 3.05) is 119 Å². The number of ether oxygens (including phenoxy) is 2. The number of para-hydroxylation sites is 2. The first kappa shape index (κ1) is 49.1. The number of nitrogens with two attached hydrogens (primary N) is 3. The fraction of sp³-hybridized carbons (Fsp3) is 0.292. The number of hydrogen-bond donors (Lipinski definition) is 4. The second-order valence-electron chi connectivity index (χ2n) is 15.8. The third-order valence-corrected chi connectivity index (χ3v) is 12.7. The second-order valence-corrected chi connectivity index (χ2v) is 17.9. The molecule has 0 saturated carbocycles. The van der Waals surface area contributed by atoms with Crippen LogP contribution in [0.1, 0.15) is 38.8 Å². The van der Waals surface area contributed by atoms with Crippen LogP contribution in [0.3, 0.4) is 0 Å². The van der Waals surface area contributed by atoms with E-state index >= 15 is 0 Å². The minimum Gasteiger partial charge on any atom is -0.496 e. The minimum atomic E-state index is -3.58. The van der Waals surface area contributed by atoms with Gasteiger partial charge in [-0.1, -0.05) is 31.2 Å². The average Bonchev–Trinajstić information content (AvgIpc) is 3.35. The zero-order chi connectivity index (χ0) is 48.1. The van der Waals surface area contributed by atoms with Crippen LogP contribution in [-0.4, -0.2) is 136 Å². The quantitative estimate of drug-likeness (QED) is 0.0724. The van der Waals surface area contributed by atoms with Crippen molar-refractivity contribution < 1.29 is 27.5 Å². The number of ketones is 2. The molecule has 2 saturated heterocycles. The maximum atomic E-state index is 12.9. The van der Waals surface area contributed by atoms with Gasteiger partial charge in [-0.2, -0.15) is 4.98 Å². The summed E-state index contributed by atoms with van der Waals surface area (Å²) < 4.78 is 33.8. The normalized spacial score (nSPS) is 14.2. The Hall–Kier alpha value is -7.35. The molecule has 2 aliphatic heterocycles. The summed E-state index contributed by atoms with van der Waals surface area (Å²) in [6.07, 6.45) is 2.57. The molecule has 0 unspecified atom stereocenters. The van der Waals surface area contributed by atoms with Gasteiger partial charge in [-0.15, -0.1) is 0 Å².